The lowest BCUT2D eigenvalue weighted by molar-refractivity contribution is -0.133. The van der Waals surface area contributed by atoms with Crippen molar-refractivity contribution in [2.24, 2.45) is 0 Å². The smallest absolute Gasteiger partial charge is 0.252 e. The van der Waals surface area contributed by atoms with Crippen molar-refractivity contribution in [3.8, 4) is 6.07 Å². The number of anilines is 2. The number of hydrogen-bond acceptors (Lipinski definition) is 6. The minimum atomic E-state index is -2.85. The van der Waals surface area contributed by atoms with Crippen molar-refractivity contribution >= 4 is 51.9 Å². The van der Waals surface area contributed by atoms with Crippen LogP contribution >= 0.6 is 22.6 Å². The summed E-state index contributed by atoms with van der Waals surface area (Å²) in [6.07, 6.45) is 0.533. The first-order valence-corrected chi connectivity index (χ1v) is 15.3. The molecule has 9 nitrogen and oxygen atoms in total. The van der Waals surface area contributed by atoms with Crippen LogP contribution in [0, 0.1) is 14.9 Å². The first-order valence-electron chi connectivity index (χ1n) is 14.2. The van der Waals surface area contributed by atoms with E-state index in [2.05, 4.69) is 37.9 Å². The van der Waals surface area contributed by atoms with Crippen LogP contribution in [0.25, 0.3) is 0 Å². The molecule has 1 saturated heterocycles. The van der Waals surface area contributed by atoms with E-state index in [4.69, 9.17) is 0 Å². The largest absolute Gasteiger partial charge is 0.351 e. The molecule has 3 aromatic rings. The van der Waals surface area contributed by atoms with Gasteiger partial charge < -0.3 is 5.32 Å². The lowest BCUT2D eigenvalue weighted by Crippen LogP contribution is -2.56. The molecule has 2 atom stereocenters. The molecule has 1 aliphatic carbocycles. The number of nitriles is 1. The Morgan fingerprint density at radius 2 is 1.89 bits per heavy atom. The molecular weight excluding hydrogens is 681 g/mol. The number of carbonyl (C=O) groups excluding carboxylic acids is 3. The Kier molecular flexibility index (Phi) is 8.71. The lowest BCUT2D eigenvalue weighted by atomic mass is 9.86. The third-order valence-corrected chi connectivity index (χ3v) is 8.82. The van der Waals surface area contributed by atoms with Crippen LogP contribution in [-0.2, 0) is 19.8 Å². The first kappa shape index (κ1) is 31.4. The molecule has 0 radical (unpaired) electrons. The van der Waals surface area contributed by atoms with Gasteiger partial charge in [-0.2, -0.15) is 5.26 Å². The molecule has 2 aromatic carbocycles. The van der Waals surface area contributed by atoms with Gasteiger partial charge in [-0.1, -0.05) is 51.1 Å². The molecule has 228 valence electrons. The second-order valence-electron chi connectivity index (χ2n) is 12.1. The Morgan fingerprint density at radius 1 is 1.16 bits per heavy atom. The minimum Gasteiger partial charge on any atom is -0.351 e. The molecule has 1 saturated carbocycles. The van der Waals surface area contributed by atoms with Gasteiger partial charge in [0.15, 0.2) is 0 Å². The number of halogens is 3. The fourth-order valence-electron chi connectivity index (χ4n) is 5.52. The number of hydrogen-bond donors (Lipinski definition) is 1. The van der Waals surface area contributed by atoms with E-state index < -0.39 is 54.6 Å². The van der Waals surface area contributed by atoms with Gasteiger partial charge >= 0.3 is 0 Å². The lowest BCUT2D eigenvalue weighted by Gasteiger charge is -2.39. The van der Waals surface area contributed by atoms with E-state index in [-0.39, 0.29) is 29.9 Å². The Morgan fingerprint density at radius 3 is 2.55 bits per heavy atom. The molecule has 2 aliphatic rings. The normalized spacial score (nSPS) is 18.7. The second kappa shape index (κ2) is 12.2. The molecule has 12 heteroatoms. The summed E-state index contributed by atoms with van der Waals surface area (Å²) in [7, 11) is 0. The molecule has 1 N–H and O–H groups in total. The highest BCUT2D eigenvalue weighted by Crippen LogP contribution is 2.40. The predicted molar refractivity (Wildman–Crippen MR) is 168 cm³/mol. The van der Waals surface area contributed by atoms with Crippen molar-refractivity contribution in [2.75, 3.05) is 9.80 Å². The molecule has 2 heterocycles. The summed E-state index contributed by atoms with van der Waals surface area (Å²) in [5.74, 6) is -4.50. The van der Waals surface area contributed by atoms with Gasteiger partial charge in [0.05, 0.1) is 0 Å². The average Bonchev–Trinajstić information content (AvgIpc) is 3.36. The number of carbonyl (C=O) groups is 3. The van der Waals surface area contributed by atoms with Crippen LogP contribution in [0.5, 0.6) is 0 Å². The number of nitrogens with zero attached hydrogens (tertiary/aromatic N) is 5. The number of benzene rings is 2. The van der Waals surface area contributed by atoms with Crippen LogP contribution in [0.1, 0.15) is 69.3 Å². The van der Waals surface area contributed by atoms with Gasteiger partial charge in [0.2, 0.25) is 17.8 Å². The fraction of sp³-hybridized carbons (Fsp3) is 0.375. The van der Waals surface area contributed by atoms with Crippen molar-refractivity contribution in [1.82, 2.24) is 15.3 Å². The molecule has 1 aliphatic heterocycles. The molecule has 0 unspecified atom stereocenters. The molecule has 2 fully saturated rings. The monoisotopic (exact) mass is 712 g/mol. The van der Waals surface area contributed by atoms with E-state index in [1.165, 1.54) is 22.1 Å². The van der Waals surface area contributed by atoms with E-state index >= 15 is 0 Å². The van der Waals surface area contributed by atoms with Gasteiger partial charge in [-0.3, -0.25) is 24.2 Å². The highest BCUT2D eigenvalue weighted by Gasteiger charge is 2.49. The predicted octanol–water partition coefficient (Wildman–Crippen LogP) is 5.43. The quantitative estimate of drug-likeness (QED) is 0.327. The van der Waals surface area contributed by atoms with Crippen molar-refractivity contribution in [2.45, 2.75) is 75.9 Å². The molecule has 44 heavy (non-hydrogen) atoms. The first-order chi connectivity index (χ1) is 20.8. The van der Waals surface area contributed by atoms with Crippen LogP contribution < -0.4 is 15.1 Å². The van der Waals surface area contributed by atoms with Crippen molar-refractivity contribution in [3.63, 3.8) is 0 Å². The summed E-state index contributed by atoms with van der Waals surface area (Å²) in [5, 5.41) is 12.1. The maximum atomic E-state index is 14.8. The number of nitrogens with one attached hydrogen (secondary N) is 1. The standard InChI is InChI=1S/C32H31F2IN6O3/c1-31(2,3)19-7-6-8-22(15-19)40(29(44)25-11-12-26(42)41(25)30-37-14-13-20(18-36)39-30)27(23-9-4-5-10-24(23)35)28(43)38-21-16-32(33,34)17-21/h4-10,13-15,21,25,27H,11-12,16-17H2,1-3H3,(H,38,43)/t25-,27-/m0/s1. The summed E-state index contributed by atoms with van der Waals surface area (Å²) in [5.41, 5.74) is 1.54. The van der Waals surface area contributed by atoms with E-state index in [1.54, 1.807) is 36.4 Å². The summed E-state index contributed by atoms with van der Waals surface area (Å²) in [6, 6.07) is 14.6. The van der Waals surface area contributed by atoms with Crippen LogP contribution in [0.4, 0.5) is 20.4 Å². The Hall–Kier alpha value is -3.99. The second-order valence-corrected chi connectivity index (χ2v) is 13.2. The van der Waals surface area contributed by atoms with Crippen LogP contribution in [0.15, 0.2) is 60.8 Å². The average molecular weight is 713 g/mol. The number of rotatable bonds is 7. The summed E-state index contributed by atoms with van der Waals surface area (Å²) in [4.78, 5) is 53.0. The zero-order valence-electron chi connectivity index (χ0n) is 24.4. The van der Waals surface area contributed by atoms with Crippen LogP contribution in [0.2, 0.25) is 0 Å². The van der Waals surface area contributed by atoms with Gasteiger partial charge in [-0.25, -0.2) is 18.7 Å². The number of aromatic nitrogens is 2. The van der Waals surface area contributed by atoms with Crippen molar-refractivity contribution in [1.29, 1.82) is 5.26 Å². The van der Waals surface area contributed by atoms with Crippen molar-refractivity contribution < 1.29 is 23.2 Å². The third-order valence-electron chi connectivity index (χ3n) is 7.84. The SMILES string of the molecule is CC(C)(C)c1cccc(N(C(=O)[C@@H]2CCC(=O)N2c2nccc(C#N)n2)[C@H](C(=O)NC2CC(F)(F)C2)c2ccccc2I)c1. The van der Waals surface area contributed by atoms with Gasteiger partial charge in [-0.05, 0) is 69.8 Å². The van der Waals surface area contributed by atoms with E-state index in [9.17, 15) is 28.4 Å². The minimum absolute atomic E-state index is 0.0311. The maximum Gasteiger partial charge on any atom is 0.252 e. The summed E-state index contributed by atoms with van der Waals surface area (Å²) < 4.78 is 28.2. The van der Waals surface area contributed by atoms with Gasteiger partial charge in [0.1, 0.15) is 23.8 Å². The van der Waals surface area contributed by atoms with E-state index in [1.807, 2.05) is 39.0 Å². The zero-order valence-corrected chi connectivity index (χ0v) is 26.6. The van der Waals surface area contributed by atoms with Crippen LogP contribution in [0.3, 0.4) is 0 Å². The Balaban J connectivity index is 1.65. The van der Waals surface area contributed by atoms with Crippen molar-refractivity contribution in [3.05, 3.63) is 81.2 Å². The highest BCUT2D eigenvalue weighted by atomic mass is 127. The molecule has 3 amide bonds. The third kappa shape index (κ3) is 6.43. The molecule has 0 bridgehead atoms. The van der Waals surface area contributed by atoms with E-state index in [0.717, 1.165) is 5.56 Å². The maximum absolute atomic E-state index is 14.8. The van der Waals surface area contributed by atoms with E-state index in [0.29, 0.717) is 14.8 Å². The Labute approximate surface area is 267 Å². The topological polar surface area (TPSA) is 119 Å². The van der Waals surface area contributed by atoms with Gasteiger partial charge in [0, 0.05) is 40.8 Å². The zero-order chi connectivity index (χ0) is 31.8. The highest BCUT2D eigenvalue weighted by molar-refractivity contribution is 14.1. The number of amides is 3. The summed E-state index contributed by atoms with van der Waals surface area (Å²) >= 11 is 2.09. The van der Waals surface area contributed by atoms with Gasteiger partial charge in [-0.15, -0.1) is 0 Å². The molecule has 5 rings (SSSR count). The van der Waals surface area contributed by atoms with Gasteiger partial charge in [0.25, 0.3) is 11.8 Å². The summed E-state index contributed by atoms with van der Waals surface area (Å²) in [6.45, 7) is 6.07. The number of alkyl halides is 2. The van der Waals surface area contributed by atoms with Crippen LogP contribution in [-0.4, -0.2) is 45.7 Å². The molecule has 1 aromatic heterocycles. The molecular formula is C32H31F2IN6O3. The Bertz CT molecular complexity index is 1650. The fourth-order valence-corrected chi connectivity index (χ4v) is 6.20. The molecule has 0 spiro atoms.